The zero-order chi connectivity index (χ0) is 14.1. The maximum absolute atomic E-state index is 11.4. The Bertz CT molecular complexity index is 307. The van der Waals surface area contributed by atoms with Gasteiger partial charge in [0.1, 0.15) is 6.04 Å². The minimum atomic E-state index is -1.05. The average Bonchev–Trinajstić information content (AvgIpc) is 2.30. The minimum absolute atomic E-state index is 0.149. The van der Waals surface area contributed by atoms with Crippen molar-refractivity contribution in [2.24, 2.45) is 5.92 Å². The van der Waals surface area contributed by atoms with Crippen molar-refractivity contribution < 1.29 is 19.5 Å². The molecule has 0 fully saturated rings. The number of carboxylic acids is 1. The lowest BCUT2D eigenvalue weighted by atomic mass is 9.99. The van der Waals surface area contributed by atoms with Gasteiger partial charge in [-0.2, -0.15) is 0 Å². The van der Waals surface area contributed by atoms with Crippen LogP contribution in [0.5, 0.6) is 0 Å². The number of amides is 3. The lowest BCUT2D eigenvalue weighted by molar-refractivity contribution is -0.140. The van der Waals surface area contributed by atoms with Gasteiger partial charge in [-0.15, -0.1) is 0 Å². The van der Waals surface area contributed by atoms with Crippen LogP contribution in [0.4, 0.5) is 4.79 Å². The fourth-order valence-corrected chi connectivity index (χ4v) is 1.29. The molecule has 4 N–H and O–H groups in total. The van der Waals surface area contributed by atoms with Gasteiger partial charge in [0.25, 0.3) is 0 Å². The molecule has 0 unspecified atom stereocenters. The molecular formula is C11H21N3O4. The van der Waals surface area contributed by atoms with Crippen molar-refractivity contribution in [3.8, 4) is 0 Å². The van der Waals surface area contributed by atoms with E-state index in [9.17, 15) is 14.4 Å². The third-order valence-corrected chi connectivity index (χ3v) is 2.55. The van der Waals surface area contributed by atoms with Gasteiger partial charge in [-0.25, -0.2) is 9.59 Å². The maximum atomic E-state index is 11.4. The van der Waals surface area contributed by atoms with Crippen LogP contribution in [0.25, 0.3) is 0 Å². The molecule has 2 atom stereocenters. The average molecular weight is 259 g/mol. The third kappa shape index (κ3) is 6.72. The molecule has 0 aromatic heterocycles. The molecule has 0 spiro atoms. The molecule has 0 aromatic rings. The van der Waals surface area contributed by atoms with Crippen molar-refractivity contribution in [1.82, 2.24) is 16.0 Å². The first-order valence-corrected chi connectivity index (χ1v) is 5.90. The van der Waals surface area contributed by atoms with Crippen molar-refractivity contribution in [1.29, 1.82) is 0 Å². The quantitative estimate of drug-likeness (QED) is 0.480. The molecular weight excluding hydrogens is 238 g/mol. The highest BCUT2D eigenvalue weighted by Gasteiger charge is 2.24. The van der Waals surface area contributed by atoms with Gasteiger partial charge in [0.15, 0.2) is 0 Å². The predicted octanol–water partition coefficient (Wildman–Crippen LogP) is -0.0790. The smallest absolute Gasteiger partial charge is 0.326 e. The van der Waals surface area contributed by atoms with Crippen molar-refractivity contribution in [3.63, 3.8) is 0 Å². The second-order valence-corrected chi connectivity index (χ2v) is 4.08. The molecule has 18 heavy (non-hydrogen) atoms. The molecule has 0 saturated heterocycles. The van der Waals surface area contributed by atoms with Crippen LogP contribution in [-0.2, 0) is 9.59 Å². The summed E-state index contributed by atoms with van der Waals surface area (Å²) in [6.45, 7) is 5.55. The van der Waals surface area contributed by atoms with E-state index in [2.05, 4.69) is 16.0 Å². The maximum Gasteiger partial charge on any atom is 0.326 e. The Morgan fingerprint density at radius 2 is 1.72 bits per heavy atom. The Kier molecular flexibility index (Phi) is 7.50. The van der Waals surface area contributed by atoms with Gasteiger partial charge in [-0.1, -0.05) is 20.3 Å². The molecule has 7 nitrogen and oxygen atoms in total. The fraction of sp³-hybridized carbons (Fsp3) is 0.727. The molecule has 0 rings (SSSR count). The van der Waals surface area contributed by atoms with Crippen LogP contribution in [0.2, 0.25) is 0 Å². The van der Waals surface area contributed by atoms with Gasteiger partial charge in [0.2, 0.25) is 5.91 Å². The van der Waals surface area contributed by atoms with E-state index in [1.165, 1.54) is 6.92 Å². The Balaban J connectivity index is 4.03. The summed E-state index contributed by atoms with van der Waals surface area (Å²) in [6, 6.07) is -1.45. The molecule has 7 heteroatoms. The van der Waals surface area contributed by atoms with E-state index in [1.54, 1.807) is 6.92 Å². The molecule has 3 amide bonds. The zero-order valence-electron chi connectivity index (χ0n) is 10.9. The van der Waals surface area contributed by atoms with Gasteiger partial charge in [0, 0.05) is 20.0 Å². The number of hydrogen-bond acceptors (Lipinski definition) is 3. The third-order valence-electron chi connectivity index (χ3n) is 2.55. The lowest BCUT2D eigenvalue weighted by Gasteiger charge is -2.20. The largest absolute Gasteiger partial charge is 0.480 e. The lowest BCUT2D eigenvalue weighted by Crippen LogP contribution is -2.50. The molecule has 0 radical (unpaired) electrons. The Labute approximate surface area is 106 Å². The van der Waals surface area contributed by atoms with Gasteiger partial charge in [-0.05, 0) is 5.92 Å². The zero-order valence-corrected chi connectivity index (χ0v) is 10.9. The fourth-order valence-electron chi connectivity index (χ4n) is 1.29. The standard InChI is InChI=1S/C11H21N3O4/c1-4-7(2)9(10(16)17)14-11(18)13-6-5-12-8(3)15/h7,9H,4-6H2,1-3H3,(H,12,15)(H,16,17)(H2,13,14,18)/t7-,9-/m0/s1. The minimum Gasteiger partial charge on any atom is -0.480 e. The molecule has 0 aliphatic rings. The van der Waals surface area contributed by atoms with E-state index in [1.807, 2.05) is 6.92 Å². The van der Waals surface area contributed by atoms with Crippen LogP contribution in [0.3, 0.4) is 0 Å². The summed E-state index contributed by atoms with van der Waals surface area (Å²) in [6.07, 6.45) is 0.656. The van der Waals surface area contributed by atoms with Crippen LogP contribution < -0.4 is 16.0 Å². The van der Waals surface area contributed by atoms with Crippen molar-refractivity contribution >= 4 is 17.9 Å². The van der Waals surface area contributed by atoms with E-state index in [4.69, 9.17) is 5.11 Å². The molecule has 104 valence electrons. The summed E-state index contributed by atoms with van der Waals surface area (Å²) in [4.78, 5) is 32.9. The van der Waals surface area contributed by atoms with Gasteiger partial charge in [0.05, 0.1) is 0 Å². The van der Waals surface area contributed by atoms with Gasteiger partial charge < -0.3 is 21.1 Å². The number of rotatable bonds is 7. The predicted molar refractivity (Wildman–Crippen MR) is 66.1 cm³/mol. The number of carboxylic acid groups (broad SMARTS) is 1. The van der Waals surface area contributed by atoms with Gasteiger partial charge >= 0.3 is 12.0 Å². The first kappa shape index (κ1) is 16.2. The number of carbonyl (C=O) groups excluding carboxylic acids is 2. The van der Waals surface area contributed by atoms with Crippen LogP contribution in [0.1, 0.15) is 27.2 Å². The topological polar surface area (TPSA) is 108 Å². The number of urea groups is 1. The number of nitrogens with one attached hydrogen (secondary N) is 3. The summed E-state index contributed by atoms with van der Waals surface area (Å²) in [5, 5.41) is 16.3. The Hall–Kier alpha value is -1.79. The van der Waals surface area contributed by atoms with Crippen molar-refractivity contribution in [2.75, 3.05) is 13.1 Å². The number of carbonyl (C=O) groups is 3. The monoisotopic (exact) mass is 259 g/mol. The molecule has 0 bridgehead atoms. The van der Waals surface area contributed by atoms with E-state index < -0.39 is 18.0 Å². The van der Waals surface area contributed by atoms with E-state index in [-0.39, 0.29) is 18.4 Å². The summed E-state index contributed by atoms with van der Waals surface area (Å²) in [7, 11) is 0. The summed E-state index contributed by atoms with van der Waals surface area (Å²) < 4.78 is 0. The molecule has 0 heterocycles. The van der Waals surface area contributed by atoms with Crippen LogP contribution in [0.15, 0.2) is 0 Å². The second-order valence-electron chi connectivity index (χ2n) is 4.08. The Morgan fingerprint density at radius 1 is 1.17 bits per heavy atom. The molecule has 0 aliphatic carbocycles. The van der Waals surface area contributed by atoms with E-state index in [0.29, 0.717) is 13.0 Å². The van der Waals surface area contributed by atoms with Crippen LogP contribution >= 0.6 is 0 Å². The highest BCUT2D eigenvalue weighted by molar-refractivity contribution is 5.82. The summed E-state index contributed by atoms with van der Waals surface area (Å²) >= 11 is 0. The Morgan fingerprint density at radius 3 is 2.17 bits per heavy atom. The number of hydrogen-bond donors (Lipinski definition) is 4. The highest BCUT2D eigenvalue weighted by atomic mass is 16.4. The first-order valence-electron chi connectivity index (χ1n) is 5.90. The summed E-state index contributed by atoms with van der Waals surface area (Å²) in [5.41, 5.74) is 0. The first-order chi connectivity index (χ1) is 8.38. The van der Waals surface area contributed by atoms with Gasteiger partial charge in [-0.3, -0.25) is 4.79 Å². The molecule has 0 saturated carbocycles. The SMILES string of the molecule is CC[C@H](C)[C@H](NC(=O)NCCNC(C)=O)C(=O)O. The van der Waals surface area contributed by atoms with Crippen LogP contribution in [-0.4, -0.2) is 42.1 Å². The van der Waals surface area contributed by atoms with Crippen molar-refractivity contribution in [2.45, 2.75) is 33.2 Å². The number of aliphatic carboxylic acids is 1. The summed E-state index contributed by atoms with van der Waals surface area (Å²) in [5.74, 6) is -1.38. The normalized spacial score (nSPS) is 13.3. The second kappa shape index (κ2) is 8.32. The van der Waals surface area contributed by atoms with E-state index in [0.717, 1.165) is 0 Å². The molecule has 0 aliphatic heterocycles. The highest BCUT2D eigenvalue weighted by Crippen LogP contribution is 2.07. The van der Waals surface area contributed by atoms with Crippen LogP contribution in [0, 0.1) is 5.92 Å². The molecule has 0 aromatic carbocycles. The van der Waals surface area contributed by atoms with E-state index >= 15 is 0 Å². The van der Waals surface area contributed by atoms with Crippen molar-refractivity contribution in [3.05, 3.63) is 0 Å².